The van der Waals surface area contributed by atoms with Crippen molar-refractivity contribution in [2.24, 2.45) is 0 Å². The molecule has 7 heteroatoms. The average Bonchev–Trinajstić information content (AvgIpc) is 2.68. The van der Waals surface area contributed by atoms with Crippen LogP contribution in [0.5, 0.6) is 0 Å². The summed E-state index contributed by atoms with van der Waals surface area (Å²) in [7, 11) is 0. The van der Waals surface area contributed by atoms with Gasteiger partial charge in [0.15, 0.2) is 0 Å². The number of benzene rings is 1. The van der Waals surface area contributed by atoms with Crippen molar-refractivity contribution in [1.82, 2.24) is 9.80 Å². The lowest BCUT2D eigenvalue weighted by atomic mass is 10.1. The molecule has 1 fully saturated rings. The van der Waals surface area contributed by atoms with Crippen molar-refractivity contribution >= 4 is 23.5 Å². The molecule has 148 valence electrons. The predicted octanol–water partition coefficient (Wildman–Crippen LogP) is 1.77. The van der Waals surface area contributed by atoms with E-state index in [1.807, 2.05) is 4.90 Å². The maximum atomic E-state index is 12.6. The highest BCUT2D eigenvalue weighted by atomic mass is 16.5. The van der Waals surface area contributed by atoms with E-state index in [9.17, 15) is 14.4 Å². The average molecular weight is 375 g/mol. The molecule has 0 aliphatic carbocycles. The van der Waals surface area contributed by atoms with Crippen LogP contribution in [0, 0.1) is 0 Å². The van der Waals surface area contributed by atoms with E-state index in [4.69, 9.17) is 4.74 Å². The van der Waals surface area contributed by atoms with Crippen molar-refractivity contribution in [2.75, 3.05) is 50.8 Å². The SMILES string of the molecule is CCOC(=O)c1ccccc1N(CCC(=O)N1CCN(CC)CC1)C(C)=O. The summed E-state index contributed by atoms with van der Waals surface area (Å²) < 4.78 is 5.08. The van der Waals surface area contributed by atoms with E-state index in [1.54, 1.807) is 31.2 Å². The Bertz CT molecular complexity index is 669. The largest absolute Gasteiger partial charge is 0.462 e. The quantitative estimate of drug-likeness (QED) is 0.680. The van der Waals surface area contributed by atoms with E-state index in [2.05, 4.69) is 11.8 Å². The molecule has 1 aromatic rings. The van der Waals surface area contributed by atoms with Gasteiger partial charge in [-0.3, -0.25) is 9.59 Å². The highest BCUT2D eigenvalue weighted by Crippen LogP contribution is 2.22. The maximum Gasteiger partial charge on any atom is 0.340 e. The molecule has 0 saturated carbocycles. The highest BCUT2D eigenvalue weighted by Gasteiger charge is 2.24. The van der Waals surface area contributed by atoms with Crippen molar-refractivity contribution in [3.8, 4) is 0 Å². The first kappa shape index (κ1) is 20.9. The molecule has 2 rings (SSSR count). The van der Waals surface area contributed by atoms with Gasteiger partial charge in [-0.05, 0) is 25.6 Å². The lowest BCUT2D eigenvalue weighted by Crippen LogP contribution is -2.49. The minimum absolute atomic E-state index is 0.0330. The zero-order valence-electron chi connectivity index (χ0n) is 16.4. The number of amides is 2. The summed E-state index contributed by atoms with van der Waals surface area (Å²) in [5, 5.41) is 0. The molecule has 1 aliphatic heterocycles. The van der Waals surface area contributed by atoms with Crippen molar-refractivity contribution in [3.63, 3.8) is 0 Å². The van der Waals surface area contributed by atoms with Gasteiger partial charge in [-0.15, -0.1) is 0 Å². The molecule has 2 amide bonds. The molecule has 0 aromatic heterocycles. The minimum atomic E-state index is -0.471. The number of anilines is 1. The van der Waals surface area contributed by atoms with Crippen LogP contribution in [0.1, 0.15) is 37.6 Å². The number of hydrogen-bond donors (Lipinski definition) is 0. The standard InChI is InChI=1S/C20H29N3O4/c1-4-21-12-14-22(15-13-21)19(25)10-11-23(16(3)24)18-9-7-6-8-17(18)20(26)27-5-2/h6-9H,4-5,10-15H2,1-3H3. The molecule has 1 aromatic carbocycles. The Morgan fingerprint density at radius 3 is 2.33 bits per heavy atom. The Hall–Kier alpha value is -2.41. The normalized spacial score (nSPS) is 14.7. The van der Waals surface area contributed by atoms with Crippen LogP contribution in [0.4, 0.5) is 5.69 Å². The fraction of sp³-hybridized carbons (Fsp3) is 0.550. The summed E-state index contributed by atoms with van der Waals surface area (Å²) in [5.74, 6) is -0.651. The number of esters is 1. The van der Waals surface area contributed by atoms with E-state index in [0.29, 0.717) is 24.3 Å². The van der Waals surface area contributed by atoms with Gasteiger partial charge >= 0.3 is 5.97 Å². The minimum Gasteiger partial charge on any atom is -0.462 e. The summed E-state index contributed by atoms with van der Waals surface area (Å²) in [6.45, 7) is 9.96. The molecular formula is C20H29N3O4. The smallest absolute Gasteiger partial charge is 0.340 e. The van der Waals surface area contributed by atoms with Crippen molar-refractivity contribution in [1.29, 1.82) is 0 Å². The molecule has 0 radical (unpaired) electrons. The molecule has 27 heavy (non-hydrogen) atoms. The van der Waals surface area contributed by atoms with Crippen LogP contribution >= 0.6 is 0 Å². The van der Waals surface area contributed by atoms with Crippen LogP contribution < -0.4 is 4.90 Å². The summed E-state index contributed by atoms with van der Waals surface area (Å²) in [6.07, 6.45) is 0.225. The Morgan fingerprint density at radius 2 is 1.74 bits per heavy atom. The first-order valence-electron chi connectivity index (χ1n) is 9.52. The zero-order chi connectivity index (χ0) is 19.8. The number of nitrogens with zero attached hydrogens (tertiary/aromatic N) is 3. The number of carbonyl (C=O) groups is 3. The van der Waals surface area contributed by atoms with Gasteiger partial charge in [0, 0.05) is 46.1 Å². The van der Waals surface area contributed by atoms with Gasteiger partial charge in [0.25, 0.3) is 0 Å². The van der Waals surface area contributed by atoms with E-state index >= 15 is 0 Å². The number of hydrogen-bond acceptors (Lipinski definition) is 5. The third-order valence-corrected chi connectivity index (χ3v) is 4.79. The summed E-state index contributed by atoms with van der Waals surface area (Å²) in [4.78, 5) is 42.6. The molecule has 0 spiro atoms. The van der Waals surface area contributed by atoms with E-state index in [1.165, 1.54) is 11.8 Å². The summed E-state index contributed by atoms with van der Waals surface area (Å²) in [6, 6.07) is 6.83. The fourth-order valence-electron chi connectivity index (χ4n) is 3.22. The molecule has 1 heterocycles. The topological polar surface area (TPSA) is 70.2 Å². The third-order valence-electron chi connectivity index (χ3n) is 4.79. The van der Waals surface area contributed by atoms with Crippen molar-refractivity contribution in [2.45, 2.75) is 27.2 Å². The van der Waals surface area contributed by atoms with Crippen molar-refractivity contribution in [3.05, 3.63) is 29.8 Å². The van der Waals surface area contributed by atoms with E-state index in [0.717, 1.165) is 19.6 Å². The number of likely N-dealkylation sites (N-methyl/N-ethyl adjacent to an activating group) is 1. The Balaban J connectivity index is 2.05. The van der Waals surface area contributed by atoms with Gasteiger partial charge in [0.2, 0.25) is 11.8 Å². The number of rotatable bonds is 7. The second kappa shape index (κ2) is 10.1. The van der Waals surface area contributed by atoms with Crippen LogP contribution in [-0.2, 0) is 14.3 Å². The van der Waals surface area contributed by atoms with Gasteiger partial charge in [-0.2, -0.15) is 0 Å². The number of carbonyl (C=O) groups excluding carboxylic acids is 3. The highest BCUT2D eigenvalue weighted by molar-refractivity contribution is 6.02. The molecule has 1 aliphatic rings. The van der Waals surface area contributed by atoms with Gasteiger partial charge in [-0.25, -0.2) is 4.79 Å². The van der Waals surface area contributed by atoms with Crippen molar-refractivity contribution < 1.29 is 19.1 Å². The van der Waals surface area contributed by atoms with Gasteiger partial charge in [0.1, 0.15) is 0 Å². The lowest BCUT2D eigenvalue weighted by molar-refractivity contribution is -0.132. The number of ether oxygens (including phenoxy) is 1. The summed E-state index contributed by atoms with van der Waals surface area (Å²) >= 11 is 0. The molecule has 1 saturated heterocycles. The first-order chi connectivity index (χ1) is 13.0. The third kappa shape index (κ3) is 5.53. The monoisotopic (exact) mass is 375 g/mol. The van der Waals surface area contributed by atoms with Crippen LogP contribution in [0.15, 0.2) is 24.3 Å². The lowest BCUT2D eigenvalue weighted by Gasteiger charge is -2.34. The Labute approximate surface area is 160 Å². The molecule has 0 unspecified atom stereocenters. The van der Waals surface area contributed by atoms with Gasteiger partial charge in [-0.1, -0.05) is 19.1 Å². The van der Waals surface area contributed by atoms with Crippen LogP contribution in [0.3, 0.4) is 0 Å². The van der Waals surface area contributed by atoms with Crippen LogP contribution in [0.2, 0.25) is 0 Å². The molecule has 0 atom stereocenters. The number of piperazine rings is 1. The molecule has 0 bridgehead atoms. The Kier molecular flexibility index (Phi) is 7.79. The van der Waals surface area contributed by atoms with Crippen LogP contribution in [-0.4, -0.2) is 73.5 Å². The predicted molar refractivity (Wildman–Crippen MR) is 104 cm³/mol. The number of para-hydroxylation sites is 1. The van der Waals surface area contributed by atoms with Gasteiger partial charge in [0.05, 0.1) is 17.9 Å². The fourth-order valence-corrected chi connectivity index (χ4v) is 3.22. The first-order valence-corrected chi connectivity index (χ1v) is 9.52. The van der Waals surface area contributed by atoms with E-state index in [-0.39, 0.29) is 31.4 Å². The Morgan fingerprint density at radius 1 is 1.07 bits per heavy atom. The molecule has 0 N–H and O–H groups in total. The van der Waals surface area contributed by atoms with Gasteiger partial charge < -0.3 is 19.4 Å². The summed E-state index contributed by atoms with van der Waals surface area (Å²) in [5.41, 5.74) is 0.811. The zero-order valence-corrected chi connectivity index (χ0v) is 16.4. The van der Waals surface area contributed by atoms with E-state index < -0.39 is 5.97 Å². The molecular weight excluding hydrogens is 346 g/mol. The molecule has 7 nitrogen and oxygen atoms in total. The van der Waals surface area contributed by atoms with Crippen LogP contribution in [0.25, 0.3) is 0 Å². The maximum absolute atomic E-state index is 12.6. The second-order valence-electron chi connectivity index (χ2n) is 6.47. The second-order valence-corrected chi connectivity index (χ2v) is 6.47.